The summed E-state index contributed by atoms with van der Waals surface area (Å²) in [7, 11) is 0. The molecule has 1 aliphatic heterocycles. The fourth-order valence-electron chi connectivity index (χ4n) is 4.64. The fraction of sp³-hybridized carbons (Fsp3) is 0.129. The fourth-order valence-corrected chi connectivity index (χ4v) is 4.64. The standard InChI is InChI=1S/C31H24N2O3/c1-31(2,3)21-14-16-27-25(18-21)32-28(36-27)20-13-15-23-24(17-20)30(35)33(29(23)34)26-12-8-7-11-22(26)19-9-5-4-6-10-19/h4-18H,1-3H3. The summed E-state index contributed by atoms with van der Waals surface area (Å²) >= 11 is 0. The molecule has 0 unspecified atom stereocenters. The van der Waals surface area contributed by atoms with E-state index in [0.717, 1.165) is 22.2 Å². The van der Waals surface area contributed by atoms with E-state index in [0.29, 0.717) is 33.9 Å². The van der Waals surface area contributed by atoms with Crippen molar-refractivity contribution in [1.29, 1.82) is 0 Å². The summed E-state index contributed by atoms with van der Waals surface area (Å²) in [6.07, 6.45) is 0. The Balaban J connectivity index is 1.40. The van der Waals surface area contributed by atoms with Crippen molar-refractivity contribution < 1.29 is 14.0 Å². The zero-order valence-corrected chi connectivity index (χ0v) is 20.3. The minimum Gasteiger partial charge on any atom is -0.436 e. The number of aromatic nitrogens is 1. The van der Waals surface area contributed by atoms with Crippen molar-refractivity contribution in [2.45, 2.75) is 26.2 Å². The van der Waals surface area contributed by atoms with E-state index < -0.39 is 0 Å². The predicted molar refractivity (Wildman–Crippen MR) is 141 cm³/mol. The lowest BCUT2D eigenvalue weighted by atomic mass is 9.87. The number of carbonyl (C=O) groups is 2. The Kier molecular flexibility index (Phi) is 4.90. The van der Waals surface area contributed by atoms with Crippen LogP contribution in [0.4, 0.5) is 5.69 Å². The van der Waals surface area contributed by atoms with Gasteiger partial charge in [-0.3, -0.25) is 9.59 Å². The number of amides is 2. The Morgan fingerprint density at radius 1 is 0.694 bits per heavy atom. The molecule has 4 aromatic carbocycles. The first-order chi connectivity index (χ1) is 17.3. The monoisotopic (exact) mass is 472 g/mol. The van der Waals surface area contributed by atoms with Gasteiger partial charge in [0.15, 0.2) is 5.58 Å². The van der Waals surface area contributed by atoms with E-state index in [4.69, 9.17) is 4.42 Å². The largest absolute Gasteiger partial charge is 0.436 e. The van der Waals surface area contributed by atoms with Gasteiger partial charge < -0.3 is 4.42 Å². The van der Waals surface area contributed by atoms with Gasteiger partial charge in [0.2, 0.25) is 5.89 Å². The Morgan fingerprint density at radius 2 is 1.42 bits per heavy atom. The van der Waals surface area contributed by atoms with Gasteiger partial charge >= 0.3 is 0 Å². The third-order valence-electron chi connectivity index (χ3n) is 6.62. The van der Waals surface area contributed by atoms with Gasteiger partial charge in [0.25, 0.3) is 11.8 Å². The number of para-hydroxylation sites is 1. The molecule has 0 atom stereocenters. The molecule has 0 fully saturated rings. The summed E-state index contributed by atoms with van der Waals surface area (Å²) in [6, 6.07) is 28.4. The third kappa shape index (κ3) is 3.52. The van der Waals surface area contributed by atoms with Gasteiger partial charge in [-0.05, 0) is 52.9 Å². The van der Waals surface area contributed by atoms with E-state index in [1.54, 1.807) is 24.3 Å². The molecule has 0 saturated carbocycles. The van der Waals surface area contributed by atoms with Crippen molar-refractivity contribution in [3.05, 3.63) is 108 Å². The highest BCUT2D eigenvalue weighted by molar-refractivity contribution is 6.35. The minimum absolute atomic E-state index is 0.00679. The lowest BCUT2D eigenvalue weighted by Gasteiger charge is -2.18. The molecular formula is C31H24N2O3. The number of nitrogens with zero attached hydrogens (tertiary/aromatic N) is 2. The second kappa shape index (κ2) is 8.02. The Hall–Kier alpha value is -4.51. The normalized spacial score (nSPS) is 13.5. The van der Waals surface area contributed by atoms with Gasteiger partial charge in [-0.1, -0.05) is 75.4 Å². The Labute approximate surface area is 209 Å². The second-order valence-corrected chi connectivity index (χ2v) is 10.0. The van der Waals surface area contributed by atoms with Crippen LogP contribution in [0.2, 0.25) is 0 Å². The molecule has 0 radical (unpaired) electrons. The Morgan fingerprint density at radius 3 is 2.19 bits per heavy atom. The van der Waals surface area contributed by atoms with Crippen LogP contribution in [0.25, 0.3) is 33.7 Å². The molecule has 6 rings (SSSR count). The van der Waals surface area contributed by atoms with Crippen LogP contribution in [0.5, 0.6) is 0 Å². The number of anilines is 1. The first-order valence-electron chi connectivity index (χ1n) is 11.9. The number of oxazole rings is 1. The lowest BCUT2D eigenvalue weighted by Crippen LogP contribution is -2.29. The summed E-state index contributed by atoms with van der Waals surface area (Å²) < 4.78 is 6.01. The van der Waals surface area contributed by atoms with Crippen LogP contribution >= 0.6 is 0 Å². The van der Waals surface area contributed by atoms with Crippen LogP contribution in [0, 0.1) is 0 Å². The highest BCUT2D eigenvalue weighted by atomic mass is 16.3. The SMILES string of the molecule is CC(C)(C)c1ccc2oc(-c3ccc4c(c3)C(=O)N(c3ccccc3-c3ccccc3)C4=O)nc2c1. The van der Waals surface area contributed by atoms with Gasteiger partial charge in [0.05, 0.1) is 16.8 Å². The molecule has 2 heterocycles. The van der Waals surface area contributed by atoms with Gasteiger partial charge in [-0.25, -0.2) is 9.88 Å². The van der Waals surface area contributed by atoms with Crippen LogP contribution in [0.3, 0.4) is 0 Å². The number of rotatable bonds is 3. The molecule has 176 valence electrons. The average Bonchev–Trinajstić information content (AvgIpc) is 3.42. The molecule has 1 aliphatic rings. The number of hydrogen-bond acceptors (Lipinski definition) is 4. The number of hydrogen-bond donors (Lipinski definition) is 0. The van der Waals surface area contributed by atoms with Crippen molar-refractivity contribution in [2.75, 3.05) is 4.90 Å². The van der Waals surface area contributed by atoms with E-state index in [2.05, 4.69) is 25.8 Å². The van der Waals surface area contributed by atoms with E-state index >= 15 is 0 Å². The maximum absolute atomic E-state index is 13.6. The lowest BCUT2D eigenvalue weighted by molar-refractivity contribution is 0.0926. The maximum Gasteiger partial charge on any atom is 0.266 e. The number of benzene rings is 4. The molecule has 5 nitrogen and oxygen atoms in total. The molecule has 0 N–H and O–H groups in total. The summed E-state index contributed by atoms with van der Waals surface area (Å²) in [5.41, 5.74) is 6.29. The first kappa shape index (κ1) is 22.0. The van der Waals surface area contributed by atoms with Crippen LogP contribution in [0.15, 0.2) is 95.4 Å². The molecule has 5 heteroatoms. The molecule has 0 spiro atoms. The molecule has 5 aromatic rings. The summed E-state index contributed by atoms with van der Waals surface area (Å²) in [6.45, 7) is 6.46. The molecule has 0 bridgehead atoms. The highest BCUT2D eigenvalue weighted by Gasteiger charge is 2.38. The molecule has 1 aromatic heterocycles. The van der Waals surface area contributed by atoms with E-state index in [1.807, 2.05) is 66.7 Å². The summed E-state index contributed by atoms with van der Waals surface area (Å²) in [4.78, 5) is 32.9. The smallest absolute Gasteiger partial charge is 0.266 e. The molecule has 2 amide bonds. The van der Waals surface area contributed by atoms with Crippen molar-refractivity contribution >= 4 is 28.6 Å². The first-order valence-corrected chi connectivity index (χ1v) is 11.9. The topological polar surface area (TPSA) is 63.4 Å². The number of fused-ring (bicyclic) bond motifs is 2. The van der Waals surface area contributed by atoms with Gasteiger partial charge in [0, 0.05) is 11.1 Å². The van der Waals surface area contributed by atoms with Crippen LogP contribution < -0.4 is 4.90 Å². The van der Waals surface area contributed by atoms with Crippen molar-refractivity contribution in [3.8, 4) is 22.6 Å². The van der Waals surface area contributed by atoms with Crippen molar-refractivity contribution in [3.63, 3.8) is 0 Å². The zero-order chi connectivity index (χ0) is 25.0. The summed E-state index contributed by atoms with van der Waals surface area (Å²) in [5, 5.41) is 0. The summed E-state index contributed by atoms with van der Waals surface area (Å²) in [5.74, 6) is -0.272. The molecule has 0 aliphatic carbocycles. The maximum atomic E-state index is 13.6. The van der Waals surface area contributed by atoms with Crippen LogP contribution in [-0.4, -0.2) is 16.8 Å². The second-order valence-electron chi connectivity index (χ2n) is 10.0. The third-order valence-corrected chi connectivity index (χ3v) is 6.62. The van der Waals surface area contributed by atoms with Crippen LogP contribution in [-0.2, 0) is 5.41 Å². The molecule has 36 heavy (non-hydrogen) atoms. The Bertz CT molecular complexity index is 1660. The minimum atomic E-state index is -0.355. The van der Waals surface area contributed by atoms with E-state index in [9.17, 15) is 9.59 Å². The molecule has 0 saturated heterocycles. The van der Waals surface area contributed by atoms with Gasteiger partial charge in [-0.15, -0.1) is 0 Å². The van der Waals surface area contributed by atoms with Crippen molar-refractivity contribution in [2.24, 2.45) is 0 Å². The quantitative estimate of drug-likeness (QED) is 0.259. The highest BCUT2D eigenvalue weighted by Crippen LogP contribution is 2.37. The predicted octanol–water partition coefficient (Wildman–Crippen LogP) is 7.26. The molecular weight excluding hydrogens is 448 g/mol. The zero-order valence-electron chi connectivity index (χ0n) is 20.3. The van der Waals surface area contributed by atoms with E-state index in [-0.39, 0.29) is 17.2 Å². The van der Waals surface area contributed by atoms with Gasteiger partial charge in [0.1, 0.15) is 5.52 Å². The number of imide groups is 1. The van der Waals surface area contributed by atoms with E-state index in [1.165, 1.54) is 4.90 Å². The van der Waals surface area contributed by atoms with Gasteiger partial charge in [-0.2, -0.15) is 0 Å². The van der Waals surface area contributed by atoms with Crippen molar-refractivity contribution in [1.82, 2.24) is 4.98 Å². The number of carbonyl (C=O) groups excluding carboxylic acids is 2. The van der Waals surface area contributed by atoms with Crippen LogP contribution in [0.1, 0.15) is 47.1 Å². The average molecular weight is 473 g/mol.